The first-order valence-electron chi connectivity index (χ1n) is 10.1. The average Bonchev–Trinajstić information content (AvgIpc) is 3.06. The summed E-state index contributed by atoms with van der Waals surface area (Å²) in [6, 6.07) is 5.62. The van der Waals surface area contributed by atoms with Gasteiger partial charge >= 0.3 is 0 Å². The number of rotatable bonds is 6. The monoisotopic (exact) mass is 370 g/mol. The Bertz CT molecular complexity index is 757. The molecule has 1 aliphatic rings. The minimum Gasteiger partial charge on any atom is -0.337 e. The van der Waals surface area contributed by atoms with Gasteiger partial charge in [-0.1, -0.05) is 26.8 Å². The maximum atomic E-state index is 13.1. The number of carbonyl (C=O) groups is 2. The van der Waals surface area contributed by atoms with E-state index in [1.165, 1.54) is 0 Å². The van der Waals surface area contributed by atoms with E-state index in [1.54, 1.807) is 4.40 Å². The van der Waals surface area contributed by atoms with Gasteiger partial charge in [0.05, 0.1) is 5.52 Å². The number of nitrogens with zero attached hydrogens (tertiary/aromatic N) is 4. The highest BCUT2D eigenvalue weighted by atomic mass is 16.2. The summed E-state index contributed by atoms with van der Waals surface area (Å²) in [4.78, 5) is 34.5. The Kier molecular flexibility index (Phi) is 6.14. The van der Waals surface area contributed by atoms with Gasteiger partial charge in [-0.2, -0.15) is 0 Å². The van der Waals surface area contributed by atoms with Crippen LogP contribution in [-0.4, -0.2) is 57.2 Å². The molecule has 2 aromatic heterocycles. The molecule has 2 aromatic rings. The molecule has 3 rings (SSSR count). The zero-order valence-corrected chi connectivity index (χ0v) is 16.6. The number of carbonyl (C=O) groups excluding carboxylic acids is 2. The Balaban J connectivity index is 1.98. The summed E-state index contributed by atoms with van der Waals surface area (Å²) in [7, 11) is 0. The van der Waals surface area contributed by atoms with Crippen LogP contribution < -0.4 is 0 Å². The Labute approximate surface area is 161 Å². The highest BCUT2D eigenvalue weighted by molar-refractivity contribution is 6.02. The van der Waals surface area contributed by atoms with Crippen LogP contribution in [0.15, 0.2) is 24.4 Å². The highest BCUT2D eigenvalue weighted by Crippen LogP contribution is 2.21. The number of aromatic nitrogens is 2. The van der Waals surface area contributed by atoms with Crippen LogP contribution in [0.1, 0.15) is 67.6 Å². The summed E-state index contributed by atoms with van der Waals surface area (Å²) in [5, 5.41) is 0. The van der Waals surface area contributed by atoms with Crippen molar-refractivity contribution in [3.63, 3.8) is 0 Å². The standard InChI is InChI=1S/C21H30N4O2/c1-4-11-23(12-5-2)21(27)19-22-18(17-10-6-7-14-25(17)19)20(26)24-13-8-9-16(3)15-24/h6-7,10,14,16H,4-5,8-9,11-13,15H2,1-3H3. The first-order chi connectivity index (χ1) is 13.1. The lowest BCUT2D eigenvalue weighted by molar-refractivity contribution is 0.0679. The quantitative estimate of drug-likeness (QED) is 0.782. The van der Waals surface area contributed by atoms with Crippen molar-refractivity contribution in [1.29, 1.82) is 0 Å². The molecule has 2 amide bonds. The predicted molar refractivity (Wildman–Crippen MR) is 106 cm³/mol. The van der Waals surface area contributed by atoms with E-state index < -0.39 is 0 Å². The molecule has 1 saturated heterocycles. The molecular weight excluding hydrogens is 340 g/mol. The minimum atomic E-state index is -0.106. The second kappa shape index (κ2) is 8.55. The van der Waals surface area contributed by atoms with Crippen LogP contribution in [0, 0.1) is 5.92 Å². The van der Waals surface area contributed by atoms with E-state index in [2.05, 4.69) is 25.8 Å². The Hall–Kier alpha value is -2.37. The summed E-state index contributed by atoms with van der Waals surface area (Å²) in [5.74, 6) is 0.663. The Morgan fingerprint density at radius 3 is 2.63 bits per heavy atom. The van der Waals surface area contributed by atoms with Crippen molar-refractivity contribution in [3.05, 3.63) is 35.9 Å². The maximum Gasteiger partial charge on any atom is 0.290 e. The van der Waals surface area contributed by atoms with Gasteiger partial charge in [0.25, 0.3) is 11.8 Å². The molecule has 0 N–H and O–H groups in total. The van der Waals surface area contributed by atoms with Gasteiger partial charge in [-0.3, -0.25) is 14.0 Å². The van der Waals surface area contributed by atoms with Crippen molar-refractivity contribution in [2.24, 2.45) is 5.92 Å². The van der Waals surface area contributed by atoms with Gasteiger partial charge in [0.1, 0.15) is 0 Å². The zero-order chi connectivity index (χ0) is 19.4. The normalized spacial score (nSPS) is 17.3. The van der Waals surface area contributed by atoms with Crippen LogP contribution in [0.25, 0.3) is 5.52 Å². The van der Waals surface area contributed by atoms with Crippen LogP contribution in [0.3, 0.4) is 0 Å². The van der Waals surface area contributed by atoms with Crippen molar-refractivity contribution in [1.82, 2.24) is 19.2 Å². The fourth-order valence-electron chi connectivity index (χ4n) is 3.87. The number of pyridine rings is 1. The van der Waals surface area contributed by atoms with Gasteiger partial charge in [-0.05, 0) is 43.7 Å². The molecule has 6 heteroatoms. The van der Waals surface area contributed by atoms with Crippen LogP contribution in [0.5, 0.6) is 0 Å². The number of hydrogen-bond donors (Lipinski definition) is 0. The topological polar surface area (TPSA) is 57.9 Å². The first-order valence-corrected chi connectivity index (χ1v) is 10.1. The number of imidazole rings is 1. The second-order valence-corrected chi connectivity index (χ2v) is 7.53. The molecule has 6 nitrogen and oxygen atoms in total. The van der Waals surface area contributed by atoms with Crippen molar-refractivity contribution in [2.75, 3.05) is 26.2 Å². The fraction of sp³-hybridized carbons (Fsp3) is 0.571. The summed E-state index contributed by atoms with van der Waals surface area (Å²) in [6.07, 6.45) is 5.78. The lowest BCUT2D eigenvalue weighted by atomic mass is 10.00. The van der Waals surface area contributed by atoms with Gasteiger partial charge in [0.2, 0.25) is 5.82 Å². The van der Waals surface area contributed by atoms with Crippen LogP contribution in [0.2, 0.25) is 0 Å². The fourth-order valence-corrected chi connectivity index (χ4v) is 3.87. The molecule has 27 heavy (non-hydrogen) atoms. The average molecular weight is 370 g/mol. The number of hydrogen-bond acceptors (Lipinski definition) is 3. The van der Waals surface area contributed by atoms with E-state index in [-0.39, 0.29) is 11.8 Å². The van der Waals surface area contributed by atoms with Crippen molar-refractivity contribution in [2.45, 2.75) is 46.5 Å². The molecule has 0 bridgehead atoms. The predicted octanol–water partition coefficient (Wildman–Crippen LogP) is 3.47. The molecule has 1 atom stereocenters. The van der Waals surface area contributed by atoms with E-state index in [9.17, 15) is 9.59 Å². The van der Waals surface area contributed by atoms with Gasteiger partial charge in [0.15, 0.2) is 5.69 Å². The van der Waals surface area contributed by atoms with Crippen molar-refractivity contribution >= 4 is 17.3 Å². The zero-order valence-electron chi connectivity index (χ0n) is 16.6. The number of fused-ring (bicyclic) bond motifs is 1. The summed E-state index contributed by atoms with van der Waals surface area (Å²) >= 11 is 0. The minimum absolute atomic E-state index is 0.0677. The third-order valence-electron chi connectivity index (χ3n) is 5.16. The number of amides is 2. The molecular formula is C21H30N4O2. The van der Waals surface area contributed by atoms with Crippen LogP contribution in [0.4, 0.5) is 0 Å². The molecule has 3 heterocycles. The first kappa shape index (κ1) is 19.4. The molecule has 0 aliphatic carbocycles. The van der Waals surface area contributed by atoms with E-state index in [0.29, 0.717) is 36.0 Å². The number of likely N-dealkylation sites (tertiary alicyclic amines) is 1. The molecule has 146 valence electrons. The molecule has 0 radical (unpaired) electrons. The van der Waals surface area contributed by atoms with Gasteiger partial charge < -0.3 is 9.80 Å². The van der Waals surface area contributed by atoms with Gasteiger partial charge in [-0.15, -0.1) is 0 Å². The van der Waals surface area contributed by atoms with E-state index in [0.717, 1.165) is 38.8 Å². The molecule has 0 saturated carbocycles. The molecule has 1 aliphatic heterocycles. The van der Waals surface area contributed by atoms with E-state index >= 15 is 0 Å². The van der Waals surface area contributed by atoms with Crippen molar-refractivity contribution < 1.29 is 9.59 Å². The lowest BCUT2D eigenvalue weighted by Gasteiger charge is -2.30. The molecule has 0 aromatic carbocycles. The Morgan fingerprint density at radius 2 is 1.96 bits per heavy atom. The van der Waals surface area contributed by atoms with E-state index in [1.807, 2.05) is 34.2 Å². The summed E-state index contributed by atoms with van der Waals surface area (Å²) in [6.45, 7) is 9.20. The lowest BCUT2D eigenvalue weighted by Crippen LogP contribution is -2.39. The Morgan fingerprint density at radius 1 is 1.22 bits per heavy atom. The molecule has 0 spiro atoms. The summed E-state index contributed by atoms with van der Waals surface area (Å²) < 4.78 is 1.77. The van der Waals surface area contributed by atoms with Gasteiger partial charge in [-0.25, -0.2) is 4.98 Å². The van der Waals surface area contributed by atoms with E-state index in [4.69, 9.17) is 0 Å². The molecule has 1 unspecified atom stereocenters. The smallest absolute Gasteiger partial charge is 0.290 e. The van der Waals surface area contributed by atoms with Crippen LogP contribution >= 0.6 is 0 Å². The summed E-state index contributed by atoms with van der Waals surface area (Å²) in [5.41, 5.74) is 1.10. The third-order valence-corrected chi connectivity index (χ3v) is 5.16. The molecule has 1 fully saturated rings. The van der Waals surface area contributed by atoms with Crippen LogP contribution in [-0.2, 0) is 0 Å². The third kappa shape index (κ3) is 3.99. The SMILES string of the molecule is CCCN(CCC)C(=O)c1nc(C(=O)N2CCCC(C)C2)c2ccccn12. The second-order valence-electron chi connectivity index (χ2n) is 7.53. The number of piperidine rings is 1. The highest BCUT2D eigenvalue weighted by Gasteiger charge is 2.29. The largest absolute Gasteiger partial charge is 0.337 e. The van der Waals surface area contributed by atoms with Gasteiger partial charge in [0, 0.05) is 32.4 Å². The van der Waals surface area contributed by atoms with Crippen molar-refractivity contribution in [3.8, 4) is 0 Å². The maximum absolute atomic E-state index is 13.1.